The number of hydrogen-bond donors (Lipinski definition) is 1. The van der Waals surface area contributed by atoms with Gasteiger partial charge in [0.05, 0.1) is 18.1 Å². The maximum absolute atomic E-state index is 12.3. The molecule has 7 heteroatoms. The van der Waals surface area contributed by atoms with Crippen LogP contribution in [0.5, 0.6) is 0 Å². The van der Waals surface area contributed by atoms with E-state index in [2.05, 4.69) is 0 Å². The van der Waals surface area contributed by atoms with Gasteiger partial charge in [-0.1, -0.05) is 6.07 Å². The third-order valence-electron chi connectivity index (χ3n) is 2.09. The van der Waals surface area contributed by atoms with Crippen LogP contribution in [0.1, 0.15) is 16.7 Å². The maximum Gasteiger partial charge on any atom is 0.446 e. The summed E-state index contributed by atoms with van der Waals surface area (Å²) in [6.07, 6.45) is -0.388. The van der Waals surface area contributed by atoms with Crippen LogP contribution in [0.2, 0.25) is 0 Å². The van der Waals surface area contributed by atoms with Crippen LogP contribution < -0.4 is 0 Å². The van der Waals surface area contributed by atoms with E-state index in [0.717, 1.165) is 6.07 Å². The zero-order valence-corrected chi connectivity index (χ0v) is 10.0. The van der Waals surface area contributed by atoms with E-state index in [1.165, 1.54) is 13.0 Å². The van der Waals surface area contributed by atoms with Crippen LogP contribution in [0.15, 0.2) is 17.0 Å². The van der Waals surface area contributed by atoms with Gasteiger partial charge in [0, 0.05) is 4.90 Å². The molecule has 0 amide bonds. The van der Waals surface area contributed by atoms with Gasteiger partial charge in [0.15, 0.2) is 0 Å². The Kier molecular flexibility index (Phi) is 4.24. The quantitative estimate of drug-likeness (QED) is 0.861. The lowest BCUT2D eigenvalue weighted by Crippen LogP contribution is -2.05. The summed E-state index contributed by atoms with van der Waals surface area (Å²) in [6.45, 7) is 1.45. The molecule has 0 saturated carbocycles. The molecule has 0 aromatic heterocycles. The third kappa shape index (κ3) is 3.96. The predicted molar refractivity (Wildman–Crippen MR) is 59.1 cm³/mol. The topological polar surface area (TPSA) is 61.1 Å². The average Bonchev–Trinajstić information content (AvgIpc) is 2.19. The Morgan fingerprint density at radius 1 is 1.50 bits per heavy atom. The Labute approximate surface area is 105 Å². The highest BCUT2D eigenvalue weighted by Crippen LogP contribution is 2.39. The summed E-state index contributed by atoms with van der Waals surface area (Å²) in [5.41, 5.74) is -3.97. The molecule has 0 atom stereocenters. The highest BCUT2D eigenvalue weighted by molar-refractivity contribution is 8.00. The van der Waals surface area contributed by atoms with Crippen molar-refractivity contribution in [3.05, 3.63) is 28.8 Å². The number of alkyl halides is 3. The smallest absolute Gasteiger partial charge is 0.446 e. The molecule has 1 aromatic rings. The van der Waals surface area contributed by atoms with Gasteiger partial charge in [0.2, 0.25) is 0 Å². The van der Waals surface area contributed by atoms with Crippen LogP contribution in [-0.4, -0.2) is 16.6 Å². The molecule has 0 aliphatic rings. The SMILES string of the molecule is Cc1cc(CC(=O)O)c(C#N)cc1SC(F)(F)F. The first kappa shape index (κ1) is 14.4. The van der Waals surface area contributed by atoms with Crippen molar-refractivity contribution >= 4 is 17.7 Å². The van der Waals surface area contributed by atoms with Gasteiger partial charge in [0.25, 0.3) is 0 Å². The minimum Gasteiger partial charge on any atom is -0.481 e. The van der Waals surface area contributed by atoms with E-state index in [-0.39, 0.29) is 34.2 Å². The van der Waals surface area contributed by atoms with E-state index >= 15 is 0 Å². The maximum atomic E-state index is 12.3. The highest BCUT2D eigenvalue weighted by Gasteiger charge is 2.30. The number of thioether (sulfide) groups is 1. The van der Waals surface area contributed by atoms with E-state index in [0.29, 0.717) is 5.56 Å². The van der Waals surface area contributed by atoms with Crippen LogP contribution in [0.25, 0.3) is 0 Å². The molecule has 0 aliphatic carbocycles. The average molecular weight is 275 g/mol. The Morgan fingerprint density at radius 3 is 2.56 bits per heavy atom. The largest absolute Gasteiger partial charge is 0.481 e. The molecule has 0 saturated heterocycles. The second-order valence-corrected chi connectivity index (χ2v) is 4.61. The van der Waals surface area contributed by atoms with Crippen molar-refractivity contribution < 1.29 is 23.1 Å². The van der Waals surface area contributed by atoms with Crippen molar-refractivity contribution in [3.8, 4) is 6.07 Å². The first-order chi connectivity index (χ1) is 8.23. The molecular formula is C11H8F3NO2S. The molecule has 96 valence electrons. The van der Waals surface area contributed by atoms with E-state index in [9.17, 15) is 18.0 Å². The van der Waals surface area contributed by atoms with Crippen LogP contribution in [0, 0.1) is 18.3 Å². The Hall–Kier alpha value is -1.68. The molecule has 0 spiro atoms. The van der Waals surface area contributed by atoms with Crippen molar-refractivity contribution in [3.63, 3.8) is 0 Å². The summed E-state index contributed by atoms with van der Waals surface area (Å²) in [6, 6.07) is 4.09. The summed E-state index contributed by atoms with van der Waals surface area (Å²) in [5, 5.41) is 17.5. The van der Waals surface area contributed by atoms with E-state index in [1.807, 2.05) is 0 Å². The molecule has 1 N–H and O–H groups in total. The first-order valence-electron chi connectivity index (χ1n) is 4.74. The predicted octanol–water partition coefficient (Wildman–Crippen LogP) is 3.11. The van der Waals surface area contributed by atoms with Crippen LogP contribution in [0.3, 0.4) is 0 Å². The number of rotatable bonds is 3. The number of benzene rings is 1. The number of aryl methyl sites for hydroxylation is 1. The fourth-order valence-corrected chi connectivity index (χ4v) is 2.04. The Morgan fingerprint density at radius 2 is 2.11 bits per heavy atom. The zero-order valence-electron chi connectivity index (χ0n) is 9.21. The first-order valence-corrected chi connectivity index (χ1v) is 5.55. The Balaban J connectivity index is 3.19. The molecule has 18 heavy (non-hydrogen) atoms. The van der Waals surface area contributed by atoms with Crippen molar-refractivity contribution in [1.82, 2.24) is 0 Å². The summed E-state index contributed by atoms with van der Waals surface area (Å²) < 4.78 is 36.8. The molecule has 1 aromatic carbocycles. The van der Waals surface area contributed by atoms with Crippen LogP contribution in [-0.2, 0) is 11.2 Å². The van der Waals surface area contributed by atoms with Gasteiger partial charge in [-0.05, 0) is 35.9 Å². The molecule has 1 rings (SSSR count). The van der Waals surface area contributed by atoms with Crippen LogP contribution >= 0.6 is 11.8 Å². The van der Waals surface area contributed by atoms with Crippen molar-refractivity contribution in [2.45, 2.75) is 23.7 Å². The van der Waals surface area contributed by atoms with Gasteiger partial charge in [-0.25, -0.2) is 0 Å². The number of halogens is 3. The zero-order chi connectivity index (χ0) is 13.9. The second kappa shape index (κ2) is 5.31. The summed E-state index contributed by atoms with van der Waals surface area (Å²) in [7, 11) is 0. The summed E-state index contributed by atoms with van der Waals surface area (Å²) in [5.74, 6) is -1.14. The highest BCUT2D eigenvalue weighted by atomic mass is 32.2. The molecular weight excluding hydrogens is 267 g/mol. The number of nitrogens with zero attached hydrogens (tertiary/aromatic N) is 1. The van der Waals surface area contributed by atoms with Crippen molar-refractivity contribution in [2.24, 2.45) is 0 Å². The molecule has 0 unspecified atom stereocenters. The number of carboxylic acids is 1. The number of hydrogen-bond acceptors (Lipinski definition) is 3. The summed E-state index contributed by atoms with van der Waals surface area (Å²) in [4.78, 5) is 10.5. The lowest BCUT2D eigenvalue weighted by Gasteiger charge is -2.11. The molecule has 3 nitrogen and oxygen atoms in total. The molecule has 0 fully saturated rings. The monoisotopic (exact) mass is 275 g/mol. The third-order valence-corrected chi connectivity index (χ3v) is 2.98. The van der Waals surface area contributed by atoms with Gasteiger partial charge in [0.1, 0.15) is 0 Å². The van der Waals surface area contributed by atoms with Crippen molar-refractivity contribution in [1.29, 1.82) is 5.26 Å². The number of carbonyl (C=O) groups is 1. The fourth-order valence-electron chi connectivity index (χ4n) is 1.40. The lowest BCUT2D eigenvalue weighted by molar-refractivity contribution is -0.136. The summed E-state index contributed by atoms with van der Waals surface area (Å²) >= 11 is -0.314. The minimum absolute atomic E-state index is 0.0465. The number of aliphatic carboxylic acids is 1. The van der Waals surface area contributed by atoms with Gasteiger partial charge >= 0.3 is 11.5 Å². The molecule has 0 heterocycles. The Bertz CT molecular complexity index is 520. The van der Waals surface area contributed by atoms with E-state index in [1.54, 1.807) is 6.07 Å². The van der Waals surface area contributed by atoms with Gasteiger partial charge in [-0.15, -0.1) is 0 Å². The lowest BCUT2D eigenvalue weighted by atomic mass is 10.0. The van der Waals surface area contributed by atoms with Gasteiger partial charge in [-0.2, -0.15) is 18.4 Å². The van der Waals surface area contributed by atoms with Crippen LogP contribution in [0.4, 0.5) is 13.2 Å². The standard InChI is InChI=1S/C11H8F3NO2S/c1-6-2-7(4-10(16)17)8(5-15)3-9(6)18-11(12,13)14/h2-3H,4H2,1H3,(H,16,17). The normalized spacial score (nSPS) is 11.1. The number of nitriles is 1. The molecule has 0 aliphatic heterocycles. The number of carboxylic acid groups (broad SMARTS) is 1. The minimum atomic E-state index is -4.44. The van der Waals surface area contributed by atoms with E-state index < -0.39 is 11.5 Å². The molecule has 0 bridgehead atoms. The van der Waals surface area contributed by atoms with E-state index in [4.69, 9.17) is 10.4 Å². The second-order valence-electron chi connectivity index (χ2n) is 3.50. The molecule has 0 radical (unpaired) electrons. The fraction of sp³-hybridized carbons (Fsp3) is 0.273. The van der Waals surface area contributed by atoms with Gasteiger partial charge in [-0.3, -0.25) is 4.79 Å². The van der Waals surface area contributed by atoms with Crippen molar-refractivity contribution in [2.75, 3.05) is 0 Å². The van der Waals surface area contributed by atoms with Gasteiger partial charge < -0.3 is 5.11 Å².